The molecule has 1 N–H and O–H groups in total. The number of benzene rings is 1. The number of hydrogen-bond acceptors (Lipinski definition) is 6. The van der Waals surface area contributed by atoms with E-state index in [2.05, 4.69) is 11.8 Å². The first-order valence-corrected chi connectivity index (χ1v) is 11.0. The minimum atomic E-state index is -0.133. The fraction of sp³-hybridized carbons (Fsp3) is 0.583. The maximum Gasteiger partial charge on any atom is 0.153 e. The third-order valence-electron chi connectivity index (χ3n) is 7.35. The first kappa shape index (κ1) is 20.9. The van der Waals surface area contributed by atoms with E-state index in [1.54, 1.807) is 14.2 Å². The van der Waals surface area contributed by atoms with Crippen LogP contribution in [0.15, 0.2) is 18.2 Å². The van der Waals surface area contributed by atoms with Crippen molar-refractivity contribution in [3.8, 4) is 22.8 Å². The van der Waals surface area contributed by atoms with Gasteiger partial charge in [-0.1, -0.05) is 19.8 Å². The Kier molecular flexibility index (Phi) is 5.87. The van der Waals surface area contributed by atoms with Gasteiger partial charge in [0.15, 0.2) is 5.82 Å². The van der Waals surface area contributed by atoms with Crippen LogP contribution in [0.25, 0.3) is 11.3 Å². The summed E-state index contributed by atoms with van der Waals surface area (Å²) >= 11 is 0. The van der Waals surface area contributed by atoms with Crippen molar-refractivity contribution >= 4 is 5.82 Å². The number of nitrogens with zero attached hydrogens (tertiary/aromatic N) is 3. The van der Waals surface area contributed by atoms with Gasteiger partial charge in [-0.3, -0.25) is 0 Å². The average molecular weight is 412 g/mol. The molecule has 2 aliphatic rings. The summed E-state index contributed by atoms with van der Waals surface area (Å²) in [6.07, 6.45) is 6.48. The van der Waals surface area contributed by atoms with E-state index in [0.29, 0.717) is 16.9 Å². The zero-order valence-corrected chi connectivity index (χ0v) is 18.6. The molecule has 1 aromatic heterocycles. The van der Waals surface area contributed by atoms with Crippen molar-refractivity contribution in [1.29, 1.82) is 0 Å². The van der Waals surface area contributed by atoms with Gasteiger partial charge in [0, 0.05) is 24.7 Å². The monoisotopic (exact) mass is 411 g/mol. The summed E-state index contributed by atoms with van der Waals surface area (Å²) in [4.78, 5) is 12.1. The highest BCUT2D eigenvalue weighted by Gasteiger charge is 2.42. The number of methoxy groups -OCH3 is 2. The quantitative estimate of drug-likeness (QED) is 0.788. The molecule has 162 valence electrons. The number of rotatable bonds is 5. The van der Waals surface area contributed by atoms with Gasteiger partial charge in [0.2, 0.25) is 0 Å². The van der Waals surface area contributed by atoms with Crippen LogP contribution < -0.4 is 14.4 Å². The van der Waals surface area contributed by atoms with E-state index < -0.39 is 0 Å². The fourth-order valence-electron chi connectivity index (χ4n) is 5.37. The standard InChI is InChI=1S/C24H33N3O3/c1-16-6-5-9-24(16)10-12-27(13-11-24)23-20(15-28)26-22(17(2)25-23)19-8-7-18(29-3)14-21(19)30-4/h7-8,14,16,28H,5-6,9-13,15H2,1-4H3/t16-/m1/s1. The molecule has 1 atom stereocenters. The second-order valence-electron chi connectivity index (χ2n) is 8.79. The molecule has 4 rings (SSSR count). The highest BCUT2D eigenvalue weighted by atomic mass is 16.5. The van der Waals surface area contributed by atoms with Gasteiger partial charge < -0.3 is 19.5 Å². The average Bonchev–Trinajstić information content (AvgIpc) is 3.13. The van der Waals surface area contributed by atoms with Crippen LogP contribution in [0.5, 0.6) is 11.5 Å². The van der Waals surface area contributed by atoms with Crippen molar-refractivity contribution in [3.05, 3.63) is 29.6 Å². The second kappa shape index (κ2) is 8.42. The van der Waals surface area contributed by atoms with Gasteiger partial charge in [-0.15, -0.1) is 0 Å². The van der Waals surface area contributed by atoms with Gasteiger partial charge >= 0.3 is 0 Å². The number of aryl methyl sites for hydroxylation is 1. The predicted molar refractivity (Wildman–Crippen MR) is 118 cm³/mol. The minimum Gasteiger partial charge on any atom is -0.497 e. The summed E-state index contributed by atoms with van der Waals surface area (Å²) in [6.45, 7) is 6.23. The zero-order chi connectivity index (χ0) is 21.3. The molecule has 0 bridgehead atoms. The van der Waals surface area contributed by atoms with E-state index >= 15 is 0 Å². The number of piperidine rings is 1. The summed E-state index contributed by atoms with van der Waals surface area (Å²) in [5, 5.41) is 10.1. The zero-order valence-electron chi connectivity index (χ0n) is 18.6. The van der Waals surface area contributed by atoms with E-state index in [-0.39, 0.29) is 6.61 Å². The fourth-order valence-corrected chi connectivity index (χ4v) is 5.37. The molecule has 6 heteroatoms. The van der Waals surface area contributed by atoms with E-state index in [4.69, 9.17) is 19.4 Å². The Bertz CT molecular complexity index is 907. The minimum absolute atomic E-state index is 0.133. The Labute approximate surface area is 179 Å². The lowest BCUT2D eigenvalue weighted by molar-refractivity contribution is 0.161. The lowest BCUT2D eigenvalue weighted by Crippen LogP contribution is -2.42. The molecule has 1 saturated heterocycles. The normalized spacial score (nSPS) is 20.6. The van der Waals surface area contributed by atoms with Gasteiger partial charge in [-0.25, -0.2) is 9.97 Å². The largest absolute Gasteiger partial charge is 0.497 e. The Morgan fingerprint density at radius 1 is 1.13 bits per heavy atom. The molecule has 2 fully saturated rings. The number of aromatic nitrogens is 2. The smallest absolute Gasteiger partial charge is 0.153 e. The number of ether oxygens (including phenoxy) is 2. The summed E-state index contributed by atoms with van der Waals surface area (Å²) in [5.41, 5.74) is 3.56. The molecule has 6 nitrogen and oxygen atoms in total. The number of anilines is 1. The summed E-state index contributed by atoms with van der Waals surface area (Å²) < 4.78 is 10.9. The topological polar surface area (TPSA) is 67.7 Å². The number of aliphatic hydroxyl groups excluding tert-OH is 1. The third kappa shape index (κ3) is 3.62. The maximum absolute atomic E-state index is 10.1. The lowest BCUT2D eigenvalue weighted by Gasteiger charge is -2.43. The van der Waals surface area contributed by atoms with E-state index in [1.807, 2.05) is 25.1 Å². The van der Waals surface area contributed by atoms with Crippen LogP contribution in [-0.2, 0) is 6.61 Å². The molecule has 0 amide bonds. The van der Waals surface area contributed by atoms with Gasteiger partial charge in [0.1, 0.15) is 17.2 Å². The molecule has 1 aromatic carbocycles. The van der Waals surface area contributed by atoms with Gasteiger partial charge in [-0.2, -0.15) is 0 Å². The maximum atomic E-state index is 10.1. The second-order valence-corrected chi connectivity index (χ2v) is 8.79. The lowest BCUT2D eigenvalue weighted by atomic mass is 9.71. The molecule has 1 spiro atoms. The number of aliphatic hydroxyl groups is 1. The molecule has 30 heavy (non-hydrogen) atoms. The first-order valence-electron chi connectivity index (χ1n) is 11.0. The third-order valence-corrected chi connectivity index (χ3v) is 7.35. The van der Waals surface area contributed by atoms with Crippen LogP contribution in [-0.4, -0.2) is 42.4 Å². The highest BCUT2D eigenvalue weighted by Crippen LogP contribution is 2.50. The SMILES string of the molecule is COc1ccc(-c2nc(CO)c(N3CCC4(CCC[C@H]4C)CC3)nc2C)c(OC)c1. The van der Waals surface area contributed by atoms with Crippen molar-refractivity contribution in [2.75, 3.05) is 32.2 Å². The molecule has 0 radical (unpaired) electrons. The number of hydrogen-bond donors (Lipinski definition) is 1. The van der Waals surface area contributed by atoms with Crippen molar-refractivity contribution in [2.24, 2.45) is 11.3 Å². The molecule has 2 aromatic rings. The van der Waals surface area contributed by atoms with Crippen LogP contribution in [0.4, 0.5) is 5.82 Å². The van der Waals surface area contributed by atoms with Crippen molar-refractivity contribution < 1.29 is 14.6 Å². The van der Waals surface area contributed by atoms with Crippen molar-refractivity contribution in [2.45, 2.75) is 52.6 Å². The molecule has 1 aliphatic carbocycles. The highest BCUT2D eigenvalue weighted by molar-refractivity contribution is 5.71. The Morgan fingerprint density at radius 3 is 2.50 bits per heavy atom. The van der Waals surface area contributed by atoms with Crippen molar-refractivity contribution in [1.82, 2.24) is 9.97 Å². The van der Waals surface area contributed by atoms with Crippen LogP contribution in [0, 0.1) is 18.3 Å². The van der Waals surface area contributed by atoms with Crippen LogP contribution in [0.3, 0.4) is 0 Å². The Hall–Kier alpha value is -2.34. The van der Waals surface area contributed by atoms with E-state index in [1.165, 1.54) is 32.1 Å². The van der Waals surface area contributed by atoms with E-state index in [0.717, 1.165) is 47.5 Å². The summed E-state index contributed by atoms with van der Waals surface area (Å²) in [6, 6.07) is 5.66. The molecule has 2 heterocycles. The molecule has 1 aliphatic heterocycles. The molecule has 1 saturated carbocycles. The van der Waals surface area contributed by atoms with Gasteiger partial charge in [0.05, 0.1) is 32.2 Å². The molecule has 0 unspecified atom stereocenters. The first-order chi connectivity index (χ1) is 14.5. The Balaban J connectivity index is 1.64. The summed E-state index contributed by atoms with van der Waals surface area (Å²) in [5.74, 6) is 3.04. The van der Waals surface area contributed by atoms with Crippen LogP contribution in [0.2, 0.25) is 0 Å². The van der Waals surface area contributed by atoms with Crippen molar-refractivity contribution in [3.63, 3.8) is 0 Å². The van der Waals surface area contributed by atoms with Gasteiger partial charge in [-0.05, 0) is 49.7 Å². The predicted octanol–water partition coefficient (Wildman–Crippen LogP) is 4.37. The van der Waals surface area contributed by atoms with E-state index in [9.17, 15) is 5.11 Å². The Morgan fingerprint density at radius 2 is 1.90 bits per heavy atom. The van der Waals surface area contributed by atoms with Gasteiger partial charge in [0.25, 0.3) is 0 Å². The van der Waals surface area contributed by atoms with Crippen LogP contribution >= 0.6 is 0 Å². The molecular formula is C24H33N3O3. The summed E-state index contributed by atoms with van der Waals surface area (Å²) in [7, 11) is 3.27. The molecular weight excluding hydrogens is 378 g/mol. The van der Waals surface area contributed by atoms with Crippen LogP contribution in [0.1, 0.15) is 50.4 Å².